The van der Waals surface area contributed by atoms with E-state index in [1.54, 1.807) is 0 Å². The van der Waals surface area contributed by atoms with E-state index in [1.165, 1.54) is 10.6 Å². The van der Waals surface area contributed by atoms with Gasteiger partial charge in [0.2, 0.25) is 10.0 Å². The number of aliphatic hydroxyl groups excluding tert-OH is 1. The molecule has 4 aromatic carbocycles. The molecule has 2 spiro atoms. The van der Waals surface area contributed by atoms with Gasteiger partial charge in [-0.15, -0.1) is 0 Å². The van der Waals surface area contributed by atoms with Gasteiger partial charge in [0.05, 0.1) is 18.0 Å². The number of rotatable bonds is 8. The average Bonchev–Trinajstić information content (AvgIpc) is 3.44. The van der Waals surface area contributed by atoms with Gasteiger partial charge in [-0.05, 0) is 89.7 Å². The highest BCUT2D eigenvalue weighted by Crippen LogP contribution is 2.78. The molecule has 4 aromatic rings. The normalized spacial score (nSPS) is 35.4. The second-order valence-corrected chi connectivity index (χ2v) is 19.7. The molecule has 6 aliphatic rings. The molecule has 2 bridgehead atoms. The molecular formula is C47H51NO5S. The molecule has 1 unspecified atom stereocenters. The number of fused-ring (bicyclic) bond motifs is 2. The van der Waals surface area contributed by atoms with Gasteiger partial charge in [-0.25, -0.2) is 8.42 Å². The van der Waals surface area contributed by atoms with E-state index >= 15 is 4.79 Å². The molecule has 6 aliphatic carbocycles. The van der Waals surface area contributed by atoms with Crippen molar-refractivity contribution < 1.29 is 23.4 Å². The largest absolute Gasteiger partial charge is 0.393 e. The third-order valence-corrected chi connectivity index (χ3v) is 16.5. The molecule has 7 heteroatoms. The summed E-state index contributed by atoms with van der Waals surface area (Å²) in [5.41, 5.74) is 1.31. The minimum Gasteiger partial charge on any atom is -0.393 e. The van der Waals surface area contributed by atoms with Gasteiger partial charge in [-0.3, -0.25) is 4.79 Å². The van der Waals surface area contributed by atoms with Crippen molar-refractivity contribution >= 4 is 26.6 Å². The molecule has 280 valence electrons. The smallest absolute Gasteiger partial charge is 0.211 e. The summed E-state index contributed by atoms with van der Waals surface area (Å²) in [4.78, 5) is 15.1. The van der Waals surface area contributed by atoms with Gasteiger partial charge >= 0.3 is 0 Å². The number of carbonyl (C=O) groups excluding carboxylic acids is 1. The van der Waals surface area contributed by atoms with Gasteiger partial charge in [-0.1, -0.05) is 129 Å². The zero-order valence-corrected chi connectivity index (χ0v) is 32.4. The lowest BCUT2D eigenvalue weighted by atomic mass is 9.32. The van der Waals surface area contributed by atoms with Crippen LogP contribution in [-0.4, -0.2) is 53.2 Å². The molecule has 6 nitrogen and oxygen atoms in total. The lowest BCUT2D eigenvalue weighted by Crippen LogP contribution is -2.67. The first-order valence-electron chi connectivity index (χ1n) is 19.7. The number of benzene rings is 4. The van der Waals surface area contributed by atoms with E-state index in [0.29, 0.717) is 24.8 Å². The highest BCUT2D eigenvalue weighted by molar-refractivity contribution is 7.88. The van der Waals surface area contributed by atoms with Crippen molar-refractivity contribution in [2.45, 2.75) is 77.0 Å². The van der Waals surface area contributed by atoms with Gasteiger partial charge in [-0.2, -0.15) is 4.31 Å². The van der Waals surface area contributed by atoms with Crippen LogP contribution in [-0.2, 0) is 16.6 Å². The number of nitrogens with zero attached hydrogens (tertiary/aromatic N) is 1. The van der Waals surface area contributed by atoms with Gasteiger partial charge < -0.3 is 10.2 Å². The molecule has 8 atom stereocenters. The van der Waals surface area contributed by atoms with Crippen molar-refractivity contribution in [2.24, 2.45) is 33.5 Å². The van der Waals surface area contributed by atoms with Gasteiger partial charge in [0.25, 0.3) is 0 Å². The maximum atomic E-state index is 15.1. The van der Waals surface area contributed by atoms with E-state index in [0.717, 1.165) is 58.7 Å². The van der Waals surface area contributed by atoms with E-state index in [-0.39, 0.29) is 36.1 Å². The van der Waals surface area contributed by atoms with Crippen LogP contribution < -0.4 is 0 Å². The summed E-state index contributed by atoms with van der Waals surface area (Å²) in [6.45, 7) is 4.71. The van der Waals surface area contributed by atoms with E-state index in [4.69, 9.17) is 0 Å². The van der Waals surface area contributed by atoms with E-state index in [2.05, 4.69) is 44.2 Å². The molecular weight excluding hydrogens is 691 g/mol. The Morgan fingerprint density at radius 2 is 1.43 bits per heavy atom. The van der Waals surface area contributed by atoms with Crippen LogP contribution in [0.3, 0.4) is 0 Å². The molecule has 0 heterocycles. The van der Waals surface area contributed by atoms with Crippen LogP contribution in [0.4, 0.5) is 0 Å². The Morgan fingerprint density at radius 1 is 0.778 bits per heavy atom. The van der Waals surface area contributed by atoms with Crippen LogP contribution in [0.25, 0.3) is 21.9 Å². The molecule has 0 radical (unpaired) electrons. The van der Waals surface area contributed by atoms with Crippen molar-refractivity contribution in [3.05, 3.63) is 132 Å². The number of ketones is 1. The van der Waals surface area contributed by atoms with Gasteiger partial charge in [0.15, 0.2) is 5.78 Å². The number of allylic oxidation sites excluding steroid dienone is 4. The van der Waals surface area contributed by atoms with E-state index < -0.39 is 38.0 Å². The first-order chi connectivity index (χ1) is 25.7. The summed E-state index contributed by atoms with van der Waals surface area (Å²) in [5.74, 6) is 0.0840. The Balaban J connectivity index is 1.11. The summed E-state index contributed by atoms with van der Waals surface area (Å²) < 4.78 is 28.7. The summed E-state index contributed by atoms with van der Waals surface area (Å²) in [6.07, 6.45) is 12.6. The Kier molecular flexibility index (Phi) is 8.16. The average molecular weight is 742 g/mol. The van der Waals surface area contributed by atoms with Crippen molar-refractivity contribution in [2.75, 3.05) is 12.8 Å². The van der Waals surface area contributed by atoms with E-state index in [9.17, 15) is 18.6 Å². The number of hydrogen-bond acceptors (Lipinski definition) is 5. The van der Waals surface area contributed by atoms with Crippen LogP contribution in [0.15, 0.2) is 121 Å². The summed E-state index contributed by atoms with van der Waals surface area (Å²) in [5, 5.41) is 26.2. The molecule has 54 heavy (non-hydrogen) atoms. The minimum atomic E-state index is -3.70. The first kappa shape index (κ1) is 35.8. The van der Waals surface area contributed by atoms with Gasteiger partial charge in [0, 0.05) is 40.5 Å². The third kappa shape index (κ3) is 5.07. The Morgan fingerprint density at radius 3 is 2.19 bits per heavy atom. The number of aliphatic hydroxyl groups is 2. The highest BCUT2D eigenvalue weighted by atomic mass is 32.2. The second-order valence-electron chi connectivity index (χ2n) is 17.8. The molecule has 0 aliphatic heterocycles. The molecule has 3 saturated carbocycles. The fourth-order valence-electron chi connectivity index (χ4n) is 12.4. The predicted octanol–water partition coefficient (Wildman–Crippen LogP) is 8.74. The van der Waals surface area contributed by atoms with Crippen LogP contribution in [0, 0.1) is 33.5 Å². The zero-order chi connectivity index (χ0) is 37.7. The second kappa shape index (κ2) is 12.3. The monoisotopic (exact) mass is 741 g/mol. The number of Topliss-reactive ketones (excluding diaryl/α,β-unsaturated/α-hetero) is 1. The maximum absolute atomic E-state index is 15.1. The Bertz CT molecular complexity index is 2310. The standard InChI is InChI=1S/C47H51NO5S/c1-43-23-20-37(49)28-45(43)26-27-47(39(29-45)42(50)35-18-16-33(17-19-35)32-10-5-4-6-11-32)40(43)21-24-44(2)41(47)22-25-46(44,51)31-48(54(3,52)53)30-36-14-9-13-34-12-7-8-15-38(34)36/h4-19,26-27,29,37,40-41,49,51H,20-25,28,30-31H2,1-3H3/t37?,40-,41-,43-,44+,45+,46-,47-/m1/s1. The van der Waals surface area contributed by atoms with Crippen LogP contribution >= 0.6 is 0 Å². The third-order valence-electron chi connectivity index (χ3n) is 15.3. The van der Waals surface area contributed by atoms with Crippen LogP contribution in [0.2, 0.25) is 0 Å². The minimum absolute atomic E-state index is 0.00610. The number of hydrogen-bond donors (Lipinski definition) is 2. The topological polar surface area (TPSA) is 94.9 Å². The van der Waals surface area contributed by atoms with Crippen molar-refractivity contribution in [1.82, 2.24) is 4.31 Å². The molecule has 3 fully saturated rings. The molecule has 0 saturated heterocycles. The number of sulfonamides is 1. The fraction of sp³-hybridized carbons (Fsp3) is 0.426. The van der Waals surface area contributed by atoms with Crippen molar-refractivity contribution in [1.29, 1.82) is 0 Å². The quantitative estimate of drug-likeness (QED) is 0.139. The summed E-state index contributed by atoms with van der Waals surface area (Å²) in [6, 6.07) is 32.1. The van der Waals surface area contributed by atoms with Crippen molar-refractivity contribution in [3.8, 4) is 11.1 Å². The van der Waals surface area contributed by atoms with Crippen LogP contribution in [0.5, 0.6) is 0 Å². The lowest BCUT2D eigenvalue weighted by Gasteiger charge is -2.71. The molecule has 2 N–H and O–H groups in total. The SMILES string of the molecule is C[C@]12CC[C@H]3[C@]4(C=C[C@@]5(C=C4C(=O)c4ccc(-c6ccccc6)cc4)CC(O)CC[C@]35C)[C@@H]1CC[C@@]2(O)CN(Cc1cccc2ccccc12)S(C)(=O)=O. The Labute approximate surface area is 319 Å². The van der Waals surface area contributed by atoms with E-state index in [1.807, 2.05) is 84.9 Å². The summed E-state index contributed by atoms with van der Waals surface area (Å²) >= 11 is 0. The molecule has 0 amide bonds. The Hall–Kier alpha value is -3.88. The van der Waals surface area contributed by atoms with Crippen molar-refractivity contribution in [3.63, 3.8) is 0 Å². The van der Waals surface area contributed by atoms with Crippen LogP contribution in [0.1, 0.15) is 74.7 Å². The predicted molar refractivity (Wildman–Crippen MR) is 214 cm³/mol. The lowest BCUT2D eigenvalue weighted by molar-refractivity contribution is -0.173. The molecule has 10 rings (SSSR count). The number of carbonyl (C=O) groups is 1. The summed E-state index contributed by atoms with van der Waals surface area (Å²) in [7, 11) is -3.70. The maximum Gasteiger partial charge on any atom is 0.211 e. The van der Waals surface area contributed by atoms with Gasteiger partial charge in [0.1, 0.15) is 0 Å². The highest BCUT2D eigenvalue weighted by Gasteiger charge is 2.74. The molecule has 0 aromatic heterocycles. The zero-order valence-electron chi connectivity index (χ0n) is 31.5. The fourth-order valence-corrected chi connectivity index (χ4v) is 13.2. The first-order valence-corrected chi connectivity index (χ1v) is 21.5.